The molecule has 0 saturated carbocycles. The number of nitrogens with zero attached hydrogens (tertiary/aromatic N) is 2. The molecule has 0 saturated heterocycles. The summed E-state index contributed by atoms with van der Waals surface area (Å²) in [7, 11) is 1.97. The van der Waals surface area contributed by atoms with Crippen molar-refractivity contribution >= 4 is 12.7 Å². The fourth-order valence-corrected chi connectivity index (χ4v) is 2.43. The average molecular weight is 374 g/mol. The molecule has 0 amide bonds. The molecule has 8 heteroatoms. The van der Waals surface area contributed by atoms with Crippen molar-refractivity contribution in [2.24, 2.45) is 11.5 Å². The lowest BCUT2D eigenvalue weighted by Crippen LogP contribution is -2.45. The normalized spacial score (nSPS) is 14.8. The Labute approximate surface area is 156 Å². The molecule has 8 nitrogen and oxygen atoms in total. The van der Waals surface area contributed by atoms with Gasteiger partial charge in [0.2, 0.25) is 0 Å². The molecule has 0 radical (unpaired) electrons. The van der Waals surface area contributed by atoms with Crippen molar-refractivity contribution in [3.05, 3.63) is 11.9 Å². The molecular weight excluding hydrogens is 336 g/mol. The van der Waals surface area contributed by atoms with Crippen LogP contribution >= 0.6 is 0 Å². The number of unbranched alkanes of at least 4 members (excludes halogenated alkanes) is 2. The molecular formula is C18H37N4O4+. The van der Waals surface area contributed by atoms with Gasteiger partial charge in [0, 0.05) is 26.9 Å². The molecule has 0 spiro atoms. The molecule has 0 aliphatic heterocycles. The molecule has 0 aromatic carbocycles. The number of carboxylic acid groups (broad SMARTS) is 1. The highest BCUT2D eigenvalue weighted by Crippen LogP contribution is 2.11. The van der Waals surface area contributed by atoms with E-state index < -0.39 is 23.8 Å². The summed E-state index contributed by atoms with van der Waals surface area (Å²) in [5.41, 5.74) is 12.2. The number of allylic oxidation sites excluding steroid dienone is 1. The van der Waals surface area contributed by atoms with Crippen LogP contribution in [0.3, 0.4) is 0 Å². The number of nitrogens with two attached hydrogens (primary N) is 2. The van der Waals surface area contributed by atoms with E-state index in [0.29, 0.717) is 12.8 Å². The van der Waals surface area contributed by atoms with Gasteiger partial charge in [-0.3, -0.25) is 4.79 Å². The Morgan fingerprint density at radius 2 is 1.81 bits per heavy atom. The van der Waals surface area contributed by atoms with Gasteiger partial charge in [-0.15, -0.1) is 0 Å². The lowest BCUT2D eigenvalue weighted by Gasteiger charge is -2.23. The van der Waals surface area contributed by atoms with Crippen LogP contribution in [-0.4, -0.2) is 75.5 Å². The molecule has 0 aromatic rings. The van der Waals surface area contributed by atoms with Crippen molar-refractivity contribution in [3.8, 4) is 0 Å². The van der Waals surface area contributed by atoms with Gasteiger partial charge in [-0.05, 0) is 39.0 Å². The molecule has 0 bridgehead atoms. The van der Waals surface area contributed by atoms with E-state index in [1.54, 1.807) is 0 Å². The van der Waals surface area contributed by atoms with Crippen LogP contribution in [0.5, 0.6) is 0 Å². The zero-order valence-corrected chi connectivity index (χ0v) is 16.4. The molecule has 0 aliphatic carbocycles. The van der Waals surface area contributed by atoms with Gasteiger partial charge in [-0.25, -0.2) is 4.58 Å². The van der Waals surface area contributed by atoms with Gasteiger partial charge >= 0.3 is 5.97 Å². The third kappa shape index (κ3) is 11.2. The van der Waals surface area contributed by atoms with Gasteiger partial charge in [-0.2, -0.15) is 0 Å². The van der Waals surface area contributed by atoms with Gasteiger partial charge in [0.15, 0.2) is 11.5 Å². The van der Waals surface area contributed by atoms with Crippen molar-refractivity contribution in [3.63, 3.8) is 0 Å². The quantitative estimate of drug-likeness (QED) is 0.128. The smallest absolute Gasteiger partial charge is 0.320 e. The maximum absolute atomic E-state index is 10.7. The molecule has 0 fully saturated rings. The Hall–Kier alpha value is -1.48. The molecule has 0 heterocycles. The van der Waals surface area contributed by atoms with Crippen molar-refractivity contribution in [2.75, 3.05) is 20.1 Å². The lowest BCUT2D eigenvalue weighted by atomic mass is 10.0. The fourth-order valence-electron chi connectivity index (χ4n) is 2.43. The Balaban J connectivity index is 4.04. The van der Waals surface area contributed by atoms with E-state index in [-0.39, 0.29) is 0 Å². The topological polar surface area (TPSA) is 136 Å². The number of hydrogen-bond acceptors (Lipinski definition) is 6. The summed E-state index contributed by atoms with van der Waals surface area (Å²) >= 11 is 0. The Kier molecular flexibility index (Phi) is 11.3. The molecule has 152 valence electrons. The van der Waals surface area contributed by atoms with E-state index in [9.17, 15) is 15.0 Å². The van der Waals surface area contributed by atoms with Crippen molar-refractivity contribution < 1.29 is 24.7 Å². The standard InChI is InChI=1S/C18H36N4O4/c1-14(13-21(3)11-7-5-9-15(19)17(23)24)22(4)12-8-6-10-16(20)18(2,25)26/h13,15-16,25-26H,4-12,19-20H2,1-3H3/p+1. The Morgan fingerprint density at radius 3 is 2.35 bits per heavy atom. The van der Waals surface area contributed by atoms with E-state index in [4.69, 9.17) is 16.6 Å². The maximum atomic E-state index is 10.7. The summed E-state index contributed by atoms with van der Waals surface area (Å²) in [4.78, 5) is 12.7. The zero-order valence-electron chi connectivity index (χ0n) is 16.4. The van der Waals surface area contributed by atoms with Crippen molar-refractivity contribution in [2.45, 2.75) is 70.2 Å². The number of aliphatic hydroxyl groups is 2. The number of aliphatic carboxylic acids is 1. The van der Waals surface area contributed by atoms with Gasteiger partial charge in [-0.1, -0.05) is 0 Å². The lowest BCUT2D eigenvalue weighted by molar-refractivity contribution is -0.469. The minimum atomic E-state index is -1.84. The molecule has 2 atom stereocenters. The monoisotopic (exact) mass is 373 g/mol. The van der Waals surface area contributed by atoms with Crippen LogP contribution in [0.25, 0.3) is 0 Å². The summed E-state index contributed by atoms with van der Waals surface area (Å²) < 4.78 is 1.90. The van der Waals surface area contributed by atoms with Crippen molar-refractivity contribution in [1.29, 1.82) is 0 Å². The minimum Gasteiger partial charge on any atom is -0.480 e. The SMILES string of the molecule is C=[N+](CCCCC(N)C(C)(O)O)C(C)=CN(C)CCCCC(N)C(=O)O. The van der Waals surface area contributed by atoms with E-state index in [1.807, 2.05) is 24.7 Å². The number of carboxylic acids is 1. The van der Waals surface area contributed by atoms with Crippen LogP contribution in [0.4, 0.5) is 0 Å². The first-order chi connectivity index (χ1) is 11.9. The van der Waals surface area contributed by atoms with Crippen LogP contribution < -0.4 is 11.5 Å². The van der Waals surface area contributed by atoms with E-state index >= 15 is 0 Å². The van der Waals surface area contributed by atoms with Gasteiger partial charge < -0.3 is 31.7 Å². The van der Waals surface area contributed by atoms with Crippen LogP contribution in [0, 0.1) is 0 Å². The number of hydrogen-bond donors (Lipinski definition) is 5. The van der Waals surface area contributed by atoms with Crippen LogP contribution in [-0.2, 0) is 4.79 Å². The number of carbonyl (C=O) groups is 1. The second-order valence-corrected chi connectivity index (χ2v) is 7.15. The van der Waals surface area contributed by atoms with E-state index in [1.165, 1.54) is 6.92 Å². The fraction of sp³-hybridized carbons (Fsp3) is 0.778. The molecule has 0 aliphatic rings. The highest BCUT2D eigenvalue weighted by atomic mass is 16.5. The third-order valence-electron chi connectivity index (χ3n) is 4.39. The van der Waals surface area contributed by atoms with Gasteiger partial charge in [0.1, 0.15) is 19.3 Å². The Bertz CT molecular complexity index is 474. The largest absolute Gasteiger partial charge is 0.480 e. The highest BCUT2D eigenvalue weighted by molar-refractivity contribution is 5.72. The summed E-state index contributed by atoms with van der Waals surface area (Å²) in [6.45, 7) is 8.87. The average Bonchev–Trinajstić information content (AvgIpc) is 2.53. The molecule has 7 N–H and O–H groups in total. The maximum Gasteiger partial charge on any atom is 0.320 e. The molecule has 0 aromatic heterocycles. The molecule has 26 heavy (non-hydrogen) atoms. The minimum absolute atomic E-state index is 0.482. The second-order valence-electron chi connectivity index (χ2n) is 7.15. The van der Waals surface area contributed by atoms with Crippen LogP contribution in [0.1, 0.15) is 52.4 Å². The second kappa shape index (κ2) is 12.0. The summed E-state index contributed by atoms with van der Waals surface area (Å²) in [5, 5.41) is 27.5. The van der Waals surface area contributed by atoms with E-state index in [2.05, 4.69) is 11.6 Å². The van der Waals surface area contributed by atoms with Gasteiger partial charge in [0.05, 0.1) is 12.2 Å². The summed E-state index contributed by atoms with van der Waals surface area (Å²) in [6.07, 6.45) is 6.32. The summed E-state index contributed by atoms with van der Waals surface area (Å²) in [5.74, 6) is -2.79. The molecule has 0 rings (SSSR count). The van der Waals surface area contributed by atoms with Crippen molar-refractivity contribution in [1.82, 2.24) is 4.90 Å². The predicted octanol–water partition coefficient (Wildman–Crippen LogP) is 0.273. The van der Waals surface area contributed by atoms with Gasteiger partial charge in [0.25, 0.3) is 0 Å². The first-order valence-electron chi connectivity index (χ1n) is 9.10. The van der Waals surface area contributed by atoms with E-state index in [0.717, 1.165) is 44.5 Å². The summed E-state index contributed by atoms with van der Waals surface area (Å²) in [6, 6.07) is -1.44. The first kappa shape index (κ1) is 24.5. The highest BCUT2D eigenvalue weighted by Gasteiger charge is 2.24. The van der Waals surface area contributed by atoms with Crippen LogP contribution in [0.2, 0.25) is 0 Å². The predicted molar refractivity (Wildman–Crippen MR) is 103 cm³/mol. The number of rotatable bonds is 14. The van der Waals surface area contributed by atoms with Crippen LogP contribution in [0.15, 0.2) is 11.9 Å². The third-order valence-corrected chi connectivity index (χ3v) is 4.39. The zero-order chi connectivity index (χ0) is 20.3. The Morgan fingerprint density at radius 1 is 1.23 bits per heavy atom. The molecule has 2 unspecified atom stereocenters. The first-order valence-corrected chi connectivity index (χ1v) is 9.10.